The smallest absolute Gasteiger partial charge is 0.0908 e. The van der Waals surface area contributed by atoms with Gasteiger partial charge in [0.25, 0.3) is 0 Å². The van der Waals surface area contributed by atoms with Crippen LogP contribution in [0.15, 0.2) is 12.2 Å². The number of nitrogens with zero attached hydrogens (tertiary/aromatic N) is 1. The van der Waals surface area contributed by atoms with E-state index in [0.29, 0.717) is 0 Å². The van der Waals surface area contributed by atoms with E-state index in [0.717, 1.165) is 12.3 Å². The van der Waals surface area contributed by atoms with E-state index in [1.807, 2.05) is 12.1 Å². The average Bonchev–Trinajstić information content (AvgIpc) is 2.07. The molecular weight excluding hydrogens is 134 g/mol. The monoisotopic (exact) mass is 149 g/mol. The van der Waals surface area contributed by atoms with Crippen LogP contribution in [-0.2, 0) is 0 Å². The van der Waals surface area contributed by atoms with Crippen LogP contribution in [0.1, 0.15) is 38.5 Å². The molecule has 11 heavy (non-hydrogen) atoms. The van der Waals surface area contributed by atoms with Crippen molar-refractivity contribution >= 4 is 0 Å². The van der Waals surface area contributed by atoms with E-state index >= 15 is 0 Å². The second-order valence-corrected chi connectivity index (χ2v) is 3.27. The Bertz CT molecular complexity index is 158. The van der Waals surface area contributed by atoms with Gasteiger partial charge in [0.05, 0.1) is 6.07 Å². The molecule has 0 radical (unpaired) electrons. The Labute approximate surface area is 68.7 Å². The zero-order chi connectivity index (χ0) is 7.94. The summed E-state index contributed by atoms with van der Waals surface area (Å²) in [5.41, 5.74) is 0. The lowest BCUT2D eigenvalue weighted by Crippen LogP contribution is -2.04. The third-order valence-corrected chi connectivity index (χ3v) is 2.39. The van der Waals surface area contributed by atoms with Crippen LogP contribution in [0.5, 0.6) is 0 Å². The van der Waals surface area contributed by atoms with Gasteiger partial charge < -0.3 is 0 Å². The first-order valence-corrected chi connectivity index (χ1v) is 4.48. The lowest BCUT2D eigenvalue weighted by Gasteiger charge is -2.19. The molecule has 1 aliphatic carbocycles. The highest BCUT2D eigenvalue weighted by Crippen LogP contribution is 2.26. The third kappa shape index (κ3) is 3.23. The minimum atomic E-state index is 0.869. The minimum Gasteiger partial charge on any atom is -0.193 e. The molecule has 0 spiro atoms. The summed E-state index contributed by atoms with van der Waals surface area (Å²) in [7, 11) is 0. The first-order chi connectivity index (χ1) is 5.43. The van der Waals surface area contributed by atoms with Gasteiger partial charge in [-0.2, -0.15) is 5.26 Å². The highest BCUT2D eigenvalue weighted by molar-refractivity contribution is 5.01. The van der Waals surface area contributed by atoms with Gasteiger partial charge in [-0.1, -0.05) is 38.2 Å². The van der Waals surface area contributed by atoms with Crippen LogP contribution in [-0.4, -0.2) is 0 Å². The second kappa shape index (κ2) is 4.96. The van der Waals surface area contributed by atoms with E-state index in [-0.39, 0.29) is 0 Å². The van der Waals surface area contributed by atoms with Crippen molar-refractivity contribution in [3.05, 3.63) is 12.2 Å². The molecule has 0 aromatic heterocycles. The van der Waals surface area contributed by atoms with Crippen LogP contribution in [0, 0.1) is 17.2 Å². The van der Waals surface area contributed by atoms with Gasteiger partial charge in [0.15, 0.2) is 0 Å². The predicted molar refractivity (Wildman–Crippen MR) is 45.9 cm³/mol. The van der Waals surface area contributed by atoms with Gasteiger partial charge in [0, 0.05) is 6.08 Å². The average molecular weight is 149 g/mol. The maximum atomic E-state index is 8.26. The van der Waals surface area contributed by atoms with E-state index in [1.54, 1.807) is 6.08 Å². The zero-order valence-corrected chi connectivity index (χ0v) is 6.92. The molecule has 60 valence electrons. The summed E-state index contributed by atoms with van der Waals surface area (Å²) in [5.74, 6) is 0.869. The predicted octanol–water partition coefficient (Wildman–Crippen LogP) is 3.04. The number of hydrogen-bond donors (Lipinski definition) is 0. The van der Waals surface area contributed by atoms with Crippen molar-refractivity contribution in [2.75, 3.05) is 0 Å². The summed E-state index contributed by atoms with van der Waals surface area (Å²) in [6.07, 6.45) is 11.7. The lowest BCUT2D eigenvalue weighted by atomic mass is 9.87. The van der Waals surface area contributed by atoms with Crippen LogP contribution < -0.4 is 0 Å². The summed E-state index contributed by atoms with van der Waals surface area (Å²) < 4.78 is 0. The molecule has 1 fully saturated rings. The molecule has 1 heteroatoms. The highest BCUT2D eigenvalue weighted by atomic mass is 14.2. The van der Waals surface area contributed by atoms with Crippen LogP contribution in [0.3, 0.4) is 0 Å². The van der Waals surface area contributed by atoms with Crippen LogP contribution in [0.25, 0.3) is 0 Å². The molecule has 1 saturated carbocycles. The Morgan fingerprint density at radius 1 is 1.27 bits per heavy atom. The maximum Gasteiger partial charge on any atom is 0.0908 e. The SMILES string of the molecule is N#C/C=C/CC1CCCCC1. The molecule has 0 atom stereocenters. The molecular formula is C10H15N. The molecule has 0 aromatic carbocycles. The van der Waals surface area contributed by atoms with E-state index in [9.17, 15) is 0 Å². The van der Waals surface area contributed by atoms with Gasteiger partial charge in [0.2, 0.25) is 0 Å². The van der Waals surface area contributed by atoms with Gasteiger partial charge in [-0.15, -0.1) is 0 Å². The lowest BCUT2D eigenvalue weighted by molar-refractivity contribution is 0.361. The third-order valence-electron chi connectivity index (χ3n) is 2.39. The summed E-state index contributed by atoms with van der Waals surface area (Å²) in [6, 6.07) is 2.03. The molecule has 0 bridgehead atoms. The van der Waals surface area contributed by atoms with Crippen LogP contribution in [0.4, 0.5) is 0 Å². The fraction of sp³-hybridized carbons (Fsp3) is 0.700. The van der Waals surface area contributed by atoms with Gasteiger partial charge in [-0.3, -0.25) is 0 Å². The van der Waals surface area contributed by atoms with Gasteiger partial charge in [-0.25, -0.2) is 0 Å². The molecule has 1 rings (SSSR count). The van der Waals surface area contributed by atoms with E-state index in [2.05, 4.69) is 0 Å². The van der Waals surface area contributed by atoms with Crippen molar-refractivity contribution in [3.63, 3.8) is 0 Å². The molecule has 0 aliphatic heterocycles. The zero-order valence-electron chi connectivity index (χ0n) is 6.92. The molecule has 0 heterocycles. The summed E-state index contributed by atoms with van der Waals surface area (Å²) >= 11 is 0. The summed E-state index contributed by atoms with van der Waals surface area (Å²) in [5, 5.41) is 8.26. The number of rotatable bonds is 2. The van der Waals surface area contributed by atoms with E-state index < -0.39 is 0 Å². The number of hydrogen-bond acceptors (Lipinski definition) is 1. The topological polar surface area (TPSA) is 23.8 Å². The fourth-order valence-corrected chi connectivity index (χ4v) is 1.74. The molecule has 0 N–H and O–H groups in total. The molecule has 0 saturated heterocycles. The van der Waals surface area contributed by atoms with Crippen molar-refractivity contribution in [2.45, 2.75) is 38.5 Å². The quantitative estimate of drug-likeness (QED) is 0.553. The molecule has 0 aromatic rings. The van der Waals surface area contributed by atoms with Crippen molar-refractivity contribution in [1.29, 1.82) is 5.26 Å². The Morgan fingerprint density at radius 2 is 2.00 bits per heavy atom. The fourth-order valence-electron chi connectivity index (χ4n) is 1.74. The Morgan fingerprint density at radius 3 is 2.64 bits per heavy atom. The standard InChI is InChI=1S/C10H15N/c11-9-5-4-8-10-6-2-1-3-7-10/h4-5,10H,1-3,6-8H2/b5-4+. The first kappa shape index (κ1) is 8.33. The molecule has 0 amide bonds. The summed E-state index contributed by atoms with van der Waals surface area (Å²) in [4.78, 5) is 0. The Hall–Kier alpha value is -0.770. The van der Waals surface area contributed by atoms with Crippen LogP contribution in [0.2, 0.25) is 0 Å². The normalized spacial score (nSPS) is 20.3. The number of nitriles is 1. The molecule has 0 unspecified atom stereocenters. The van der Waals surface area contributed by atoms with Gasteiger partial charge in [0.1, 0.15) is 0 Å². The van der Waals surface area contributed by atoms with Crippen molar-refractivity contribution in [1.82, 2.24) is 0 Å². The second-order valence-electron chi connectivity index (χ2n) is 3.27. The Balaban J connectivity index is 2.15. The number of allylic oxidation sites excluding steroid dienone is 2. The largest absolute Gasteiger partial charge is 0.193 e. The van der Waals surface area contributed by atoms with E-state index in [1.165, 1.54) is 32.1 Å². The molecule has 1 aliphatic rings. The Kier molecular flexibility index (Phi) is 3.75. The van der Waals surface area contributed by atoms with Crippen molar-refractivity contribution in [3.8, 4) is 6.07 Å². The van der Waals surface area contributed by atoms with Gasteiger partial charge in [-0.05, 0) is 12.3 Å². The van der Waals surface area contributed by atoms with Gasteiger partial charge >= 0.3 is 0 Å². The van der Waals surface area contributed by atoms with E-state index in [4.69, 9.17) is 5.26 Å². The summed E-state index contributed by atoms with van der Waals surface area (Å²) in [6.45, 7) is 0. The highest BCUT2D eigenvalue weighted by Gasteiger charge is 2.10. The minimum absolute atomic E-state index is 0.869. The van der Waals surface area contributed by atoms with Crippen molar-refractivity contribution < 1.29 is 0 Å². The van der Waals surface area contributed by atoms with Crippen LogP contribution >= 0.6 is 0 Å². The van der Waals surface area contributed by atoms with Crippen molar-refractivity contribution in [2.24, 2.45) is 5.92 Å². The maximum absolute atomic E-state index is 8.26. The molecule has 1 nitrogen and oxygen atoms in total. The first-order valence-electron chi connectivity index (χ1n) is 4.48.